The van der Waals surface area contributed by atoms with Gasteiger partial charge in [-0.2, -0.15) is 0 Å². The van der Waals surface area contributed by atoms with E-state index in [2.05, 4.69) is 45.0 Å². The molecule has 0 heterocycles. The van der Waals surface area contributed by atoms with E-state index in [0.717, 1.165) is 12.4 Å². The summed E-state index contributed by atoms with van der Waals surface area (Å²) in [6.07, 6.45) is 8.72. The second-order valence-electron chi connectivity index (χ2n) is 5.49. The van der Waals surface area contributed by atoms with Crippen LogP contribution in [0.3, 0.4) is 0 Å². The number of hydrogen-bond donors (Lipinski definition) is 0. The lowest BCUT2D eigenvalue weighted by Crippen LogP contribution is -2.00. The summed E-state index contributed by atoms with van der Waals surface area (Å²) >= 11 is 0. The van der Waals surface area contributed by atoms with Crippen LogP contribution in [0, 0.1) is 6.92 Å². The zero-order valence-electron chi connectivity index (χ0n) is 12.5. The number of benzene rings is 1. The summed E-state index contributed by atoms with van der Waals surface area (Å²) in [5.74, 6) is 1.76. The van der Waals surface area contributed by atoms with Crippen LogP contribution in [0.2, 0.25) is 0 Å². The molecular weight excluding hydrogens is 232 g/mol. The lowest BCUT2D eigenvalue weighted by atomic mass is 9.90. The Kier molecular flexibility index (Phi) is 5.07. The fourth-order valence-corrected chi connectivity index (χ4v) is 2.93. The van der Waals surface area contributed by atoms with E-state index in [1.165, 1.54) is 43.2 Å². The highest BCUT2D eigenvalue weighted by Crippen LogP contribution is 2.34. The van der Waals surface area contributed by atoms with Crippen LogP contribution in [0.25, 0.3) is 0 Å². The van der Waals surface area contributed by atoms with Gasteiger partial charge in [-0.25, -0.2) is 0 Å². The van der Waals surface area contributed by atoms with Crippen LogP contribution < -0.4 is 4.74 Å². The van der Waals surface area contributed by atoms with Gasteiger partial charge in [0.2, 0.25) is 0 Å². The molecule has 0 amide bonds. The highest BCUT2D eigenvalue weighted by molar-refractivity contribution is 5.38. The van der Waals surface area contributed by atoms with Crippen LogP contribution in [-0.4, -0.2) is 6.61 Å². The minimum absolute atomic E-state index is 0.695. The Morgan fingerprint density at radius 3 is 2.79 bits per heavy atom. The molecule has 19 heavy (non-hydrogen) atoms. The third-order valence-electron chi connectivity index (χ3n) is 4.20. The van der Waals surface area contributed by atoms with Crippen LogP contribution in [0.1, 0.15) is 63.0 Å². The van der Waals surface area contributed by atoms with Crippen molar-refractivity contribution in [2.24, 2.45) is 0 Å². The Morgan fingerprint density at radius 2 is 2.05 bits per heavy atom. The Hall–Kier alpha value is -1.24. The first kappa shape index (κ1) is 14.2. The van der Waals surface area contributed by atoms with Crippen molar-refractivity contribution in [2.75, 3.05) is 6.61 Å². The molecule has 1 heteroatoms. The van der Waals surface area contributed by atoms with E-state index in [4.69, 9.17) is 4.74 Å². The third kappa shape index (κ3) is 3.62. The molecule has 0 saturated heterocycles. The molecule has 0 fully saturated rings. The van der Waals surface area contributed by atoms with E-state index < -0.39 is 0 Å². The number of allylic oxidation sites excluding steroid dienone is 2. The summed E-state index contributed by atoms with van der Waals surface area (Å²) < 4.78 is 5.73. The Morgan fingerprint density at radius 1 is 1.21 bits per heavy atom. The van der Waals surface area contributed by atoms with Gasteiger partial charge in [0, 0.05) is 0 Å². The van der Waals surface area contributed by atoms with Gasteiger partial charge >= 0.3 is 0 Å². The third-order valence-corrected chi connectivity index (χ3v) is 4.20. The average molecular weight is 258 g/mol. The van der Waals surface area contributed by atoms with Crippen molar-refractivity contribution < 1.29 is 4.74 Å². The van der Waals surface area contributed by atoms with E-state index in [9.17, 15) is 0 Å². The normalized spacial score (nSPS) is 19.7. The second-order valence-corrected chi connectivity index (χ2v) is 5.49. The van der Waals surface area contributed by atoms with Crippen LogP contribution in [0.4, 0.5) is 0 Å². The van der Waals surface area contributed by atoms with Crippen molar-refractivity contribution in [3.63, 3.8) is 0 Å². The molecule has 1 aliphatic carbocycles. The van der Waals surface area contributed by atoms with Crippen LogP contribution in [0.5, 0.6) is 5.75 Å². The molecule has 1 nitrogen and oxygen atoms in total. The fourth-order valence-electron chi connectivity index (χ4n) is 2.93. The van der Waals surface area contributed by atoms with Crippen molar-refractivity contribution in [1.29, 1.82) is 0 Å². The lowest BCUT2D eigenvalue weighted by molar-refractivity contribution is 0.337. The number of hydrogen-bond acceptors (Lipinski definition) is 1. The van der Waals surface area contributed by atoms with Gasteiger partial charge < -0.3 is 4.74 Å². The first-order chi connectivity index (χ1) is 9.24. The molecule has 0 aliphatic heterocycles. The molecule has 0 aromatic heterocycles. The highest BCUT2D eigenvalue weighted by atomic mass is 16.5. The summed E-state index contributed by atoms with van der Waals surface area (Å²) in [6.45, 7) is 7.19. The van der Waals surface area contributed by atoms with Crippen LogP contribution in [-0.2, 0) is 0 Å². The molecule has 1 atom stereocenters. The first-order valence-electron chi connectivity index (χ1n) is 7.65. The van der Waals surface area contributed by atoms with Crippen molar-refractivity contribution in [1.82, 2.24) is 0 Å². The minimum atomic E-state index is 0.695. The van der Waals surface area contributed by atoms with Gasteiger partial charge in [-0.15, -0.1) is 0 Å². The summed E-state index contributed by atoms with van der Waals surface area (Å²) in [5, 5.41) is 0. The summed E-state index contributed by atoms with van der Waals surface area (Å²) in [4.78, 5) is 0. The quantitative estimate of drug-likeness (QED) is 0.658. The van der Waals surface area contributed by atoms with Crippen LogP contribution >= 0.6 is 0 Å². The summed E-state index contributed by atoms with van der Waals surface area (Å²) in [5.41, 5.74) is 4.34. The van der Waals surface area contributed by atoms with Gasteiger partial charge in [-0.3, -0.25) is 0 Å². The van der Waals surface area contributed by atoms with E-state index in [1.54, 1.807) is 5.57 Å². The molecule has 0 saturated carbocycles. The zero-order chi connectivity index (χ0) is 13.7. The molecule has 1 unspecified atom stereocenters. The maximum absolute atomic E-state index is 5.73. The molecule has 1 aromatic rings. The first-order valence-corrected chi connectivity index (χ1v) is 7.65. The number of aryl methyl sites for hydroxylation is 1. The van der Waals surface area contributed by atoms with Crippen molar-refractivity contribution in [2.45, 2.75) is 58.8 Å². The lowest BCUT2D eigenvalue weighted by Gasteiger charge is -2.17. The van der Waals surface area contributed by atoms with Gasteiger partial charge in [0.1, 0.15) is 5.75 Å². The molecule has 104 valence electrons. The smallest absolute Gasteiger partial charge is 0.122 e. The molecule has 1 aliphatic rings. The van der Waals surface area contributed by atoms with Gasteiger partial charge in [0.05, 0.1) is 6.61 Å². The van der Waals surface area contributed by atoms with Gasteiger partial charge in [-0.1, -0.05) is 30.7 Å². The van der Waals surface area contributed by atoms with E-state index >= 15 is 0 Å². The van der Waals surface area contributed by atoms with Crippen molar-refractivity contribution in [3.05, 3.63) is 41.0 Å². The van der Waals surface area contributed by atoms with E-state index in [0.29, 0.717) is 5.92 Å². The molecule has 2 rings (SSSR count). The van der Waals surface area contributed by atoms with Gasteiger partial charge in [-0.05, 0) is 69.1 Å². The minimum Gasteiger partial charge on any atom is -0.494 e. The Labute approximate surface area is 117 Å². The molecule has 0 spiro atoms. The van der Waals surface area contributed by atoms with Gasteiger partial charge in [0.25, 0.3) is 0 Å². The molecule has 0 bridgehead atoms. The molecule has 0 N–H and O–H groups in total. The number of rotatable bonds is 4. The maximum Gasteiger partial charge on any atom is 0.122 e. The predicted octanol–water partition coefficient (Wildman–Crippen LogP) is 5.39. The summed E-state index contributed by atoms with van der Waals surface area (Å²) in [7, 11) is 0. The largest absolute Gasteiger partial charge is 0.494 e. The number of ether oxygens (including phenoxy) is 1. The Balaban J connectivity index is 2.12. The highest BCUT2D eigenvalue weighted by Gasteiger charge is 2.15. The SMILES string of the molecule is CCOc1cc(C2CCC=C(CC)CC2)ccc1C. The van der Waals surface area contributed by atoms with Crippen molar-refractivity contribution in [3.8, 4) is 5.75 Å². The molecular formula is C18H26O. The topological polar surface area (TPSA) is 9.23 Å². The van der Waals surface area contributed by atoms with Gasteiger partial charge in [0.15, 0.2) is 0 Å². The summed E-state index contributed by atoms with van der Waals surface area (Å²) in [6, 6.07) is 6.76. The van der Waals surface area contributed by atoms with Crippen LogP contribution in [0.15, 0.2) is 29.8 Å². The second kappa shape index (κ2) is 6.79. The average Bonchev–Trinajstić information content (AvgIpc) is 2.67. The Bertz CT molecular complexity index is 445. The predicted molar refractivity (Wildman–Crippen MR) is 81.9 cm³/mol. The standard InChI is InChI=1S/C18H26O/c1-4-15-7-6-8-16(12-10-15)17-11-9-14(3)18(13-17)19-5-2/h7,9,11,13,16H,4-6,8,10,12H2,1-3H3. The van der Waals surface area contributed by atoms with E-state index in [1.807, 2.05) is 0 Å². The fraction of sp³-hybridized carbons (Fsp3) is 0.556. The maximum atomic E-state index is 5.73. The monoisotopic (exact) mass is 258 g/mol. The molecule has 0 radical (unpaired) electrons. The van der Waals surface area contributed by atoms with Crippen molar-refractivity contribution >= 4 is 0 Å². The molecule has 1 aromatic carbocycles. The zero-order valence-corrected chi connectivity index (χ0v) is 12.5. The van der Waals surface area contributed by atoms with E-state index in [-0.39, 0.29) is 0 Å².